The third-order valence-electron chi connectivity index (χ3n) is 3.01. The van der Waals surface area contributed by atoms with Gasteiger partial charge in [-0.3, -0.25) is 4.79 Å². The molecule has 0 saturated carbocycles. The van der Waals surface area contributed by atoms with Gasteiger partial charge in [-0.25, -0.2) is 4.79 Å². The van der Waals surface area contributed by atoms with Crippen molar-refractivity contribution in [2.45, 2.75) is 6.73 Å². The van der Waals surface area contributed by atoms with Gasteiger partial charge in [0.05, 0.1) is 10.9 Å². The summed E-state index contributed by atoms with van der Waals surface area (Å²) in [7, 11) is 0. The number of rotatable bonds is 3. The molecule has 7 heteroatoms. The number of hydrogen-bond acceptors (Lipinski definition) is 5. The Kier molecular flexibility index (Phi) is 3.84. The van der Waals surface area contributed by atoms with E-state index >= 15 is 0 Å². The minimum absolute atomic E-state index is 0.300. The molecule has 0 spiro atoms. The number of carbonyl (C=O) groups is 1. The van der Waals surface area contributed by atoms with Crippen LogP contribution in [0.25, 0.3) is 10.9 Å². The van der Waals surface area contributed by atoms with Gasteiger partial charge in [-0.15, -0.1) is 5.10 Å². The SMILES string of the molecule is O=C(OCn1nnc2ccccc2c1=O)c1cccc(Cl)c1. The second-order valence-electron chi connectivity index (χ2n) is 4.48. The van der Waals surface area contributed by atoms with Crippen LogP contribution in [0.2, 0.25) is 5.02 Å². The number of benzene rings is 2. The van der Waals surface area contributed by atoms with Gasteiger partial charge in [0.1, 0.15) is 5.52 Å². The Morgan fingerprint density at radius 2 is 2.00 bits per heavy atom. The summed E-state index contributed by atoms with van der Waals surface area (Å²) in [5, 5.41) is 8.49. The molecule has 0 fully saturated rings. The van der Waals surface area contributed by atoms with Crippen LogP contribution in [0.15, 0.2) is 53.3 Å². The molecule has 0 aliphatic heterocycles. The van der Waals surface area contributed by atoms with Crippen molar-refractivity contribution < 1.29 is 9.53 Å². The van der Waals surface area contributed by atoms with E-state index in [1.807, 2.05) is 0 Å². The lowest BCUT2D eigenvalue weighted by atomic mass is 10.2. The highest BCUT2D eigenvalue weighted by molar-refractivity contribution is 6.30. The lowest BCUT2D eigenvalue weighted by molar-refractivity contribution is 0.0336. The van der Waals surface area contributed by atoms with E-state index in [0.29, 0.717) is 21.5 Å². The monoisotopic (exact) mass is 315 g/mol. The van der Waals surface area contributed by atoms with Crippen LogP contribution < -0.4 is 5.56 Å². The average molecular weight is 316 g/mol. The van der Waals surface area contributed by atoms with Crippen molar-refractivity contribution >= 4 is 28.5 Å². The second-order valence-corrected chi connectivity index (χ2v) is 4.92. The zero-order valence-electron chi connectivity index (χ0n) is 11.3. The number of aromatic nitrogens is 3. The second kappa shape index (κ2) is 5.95. The maximum absolute atomic E-state index is 12.2. The summed E-state index contributed by atoms with van der Waals surface area (Å²) in [6.07, 6.45) is 0. The normalized spacial score (nSPS) is 10.6. The molecule has 22 heavy (non-hydrogen) atoms. The van der Waals surface area contributed by atoms with E-state index in [0.717, 1.165) is 4.68 Å². The summed E-state index contributed by atoms with van der Waals surface area (Å²) in [6.45, 7) is -0.317. The fourth-order valence-corrected chi connectivity index (χ4v) is 2.12. The van der Waals surface area contributed by atoms with Gasteiger partial charge in [0.25, 0.3) is 5.56 Å². The van der Waals surface area contributed by atoms with Crippen molar-refractivity contribution in [3.05, 3.63) is 69.5 Å². The predicted molar refractivity (Wildman–Crippen MR) is 80.7 cm³/mol. The number of ether oxygens (including phenoxy) is 1. The molecule has 6 nitrogen and oxygen atoms in total. The van der Waals surface area contributed by atoms with Crippen LogP contribution in [0.1, 0.15) is 10.4 Å². The first kappa shape index (κ1) is 14.2. The van der Waals surface area contributed by atoms with Crippen LogP contribution in [0.5, 0.6) is 0 Å². The van der Waals surface area contributed by atoms with Crippen molar-refractivity contribution in [2.75, 3.05) is 0 Å². The molecule has 0 aliphatic rings. The minimum atomic E-state index is -0.593. The highest BCUT2D eigenvalue weighted by atomic mass is 35.5. The number of carbonyl (C=O) groups excluding carboxylic acids is 1. The van der Waals surface area contributed by atoms with Gasteiger partial charge in [0.15, 0.2) is 6.73 Å². The average Bonchev–Trinajstić information content (AvgIpc) is 2.54. The van der Waals surface area contributed by atoms with Crippen LogP contribution >= 0.6 is 11.6 Å². The fraction of sp³-hybridized carbons (Fsp3) is 0.0667. The molecule has 0 saturated heterocycles. The molecule has 3 aromatic rings. The van der Waals surface area contributed by atoms with Crippen molar-refractivity contribution in [3.8, 4) is 0 Å². The molecule has 0 N–H and O–H groups in total. The molecule has 0 amide bonds. The van der Waals surface area contributed by atoms with Gasteiger partial charge in [0, 0.05) is 5.02 Å². The summed E-state index contributed by atoms with van der Waals surface area (Å²) in [6, 6.07) is 13.2. The molecule has 3 rings (SSSR count). The quantitative estimate of drug-likeness (QED) is 0.693. The minimum Gasteiger partial charge on any atom is -0.439 e. The molecule has 110 valence electrons. The van der Waals surface area contributed by atoms with E-state index in [-0.39, 0.29) is 12.3 Å². The van der Waals surface area contributed by atoms with Crippen LogP contribution in [0.3, 0.4) is 0 Å². The third kappa shape index (κ3) is 2.82. The number of halogens is 1. The van der Waals surface area contributed by atoms with Gasteiger partial charge in [-0.1, -0.05) is 35.0 Å². The van der Waals surface area contributed by atoms with Gasteiger partial charge >= 0.3 is 5.97 Å². The Bertz CT molecular complexity index is 908. The van der Waals surface area contributed by atoms with Crippen LogP contribution in [0, 0.1) is 0 Å². The molecule has 0 atom stereocenters. The van der Waals surface area contributed by atoms with Gasteiger partial charge in [-0.2, -0.15) is 4.68 Å². The highest BCUT2D eigenvalue weighted by Gasteiger charge is 2.10. The Hall–Kier alpha value is -2.73. The molecule has 0 unspecified atom stereocenters. The highest BCUT2D eigenvalue weighted by Crippen LogP contribution is 2.11. The standard InChI is InChI=1S/C15H10ClN3O3/c16-11-5-3-4-10(8-11)15(21)22-9-19-14(20)12-6-1-2-7-13(12)17-18-19/h1-8H,9H2. The van der Waals surface area contributed by atoms with E-state index in [9.17, 15) is 9.59 Å². The lowest BCUT2D eigenvalue weighted by Gasteiger charge is -2.06. The van der Waals surface area contributed by atoms with Crippen molar-refractivity contribution in [2.24, 2.45) is 0 Å². The molecule has 1 heterocycles. The molecular weight excluding hydrogens is 306 g/mol. The topological polar surface area (TPSA) is 74.1 Å². The Balaban J connectivity index is 1.81. The van der Waals surface area contributed by atoms with Gasteiger partial charge in [0.2, 0.25) is 0 Å². The van der Waals surface area contributed by atoms with Crippen molar-refractivity contribution in [3.63, 3.8) is 0 Å². The molecule has 2 aromatic carbocycles. The van der Waals surface area contributed by atoms with Gasteiger partial charge in [-0.05, 0) is 30.3 Å². The van der Waals surface area contributed by atoms with E-state index in [1.165, 1.54) is 6.07 Å². The molecule has 0 bridgehead atoms. The first-order chi connectivity index (χ1) is 10.6. The fourth-order valence-electron chi connectivity index (χ4n) is 1.93. The molecular formula is C15H10ClN3O3. The summed E-state index contributed by atoms with van der Waals surface area (Å²) >= 11 is 5.81. The van der Waals surface area contributed by atoms with Gasteiger partial charge < -0.3 is 4.74 Å². The predicted octanol–water partition coefficient (Wildman–Crippen LogP) is 2.26. The van der Waals surface area contributed by atoms with Crippen molar-refractivity contribution in [1.29, 1.82) is 0 Å². The first-order valence-electron chi connectivity index (χ1n) is 6.40. The van der Waals surface area contributed by atoms with Crippen LogP contribution in [0.4, 0.5) is 0 Å². The lowest BCUT2D eigenvalue weighted by Crippen LogP contribution is -2.26. The molecule has 0 aliphatic carbocycles. The molecule has 0 radical (unpaired) electrons. The number of fused-ring (bicyclic) bond motifs is 1. The Labute approximate surface area is 129 Å². The zero-order chi connectivity index (χ0) is 15.5. The first-order valence-corrected chi connectivity index (χ1v) is 6.78. The Morgan fingerprint density at radius 3 is 2.82 bits per heavy atom. The maximum atomic E-state index is 12.2. The third-order valence-corrected chi connectivity index (χ3v) is 3.24. The smallest absolute Gasteiger partial charge is 0.339 e. The summed E-state index contributed by atoms with van der Waals surface area (Å²) < 4.78 is 6.05. The summed E-state index contributed by atoms with van der Waals surface area (Å²) in [5.74, 6) is -0.593. The summed E-state index contributed by atoms with van der Waals surface area (Å²) in [4.78, 5) is 24.1. The molecule has 1 aromatic heterocycles. The number of esters is 1. The number of nitrogens with zero attached hydrogens (tertiary/aromatic N) is 3. The van der Waals surface area contributed by atoms with Crippen LogP contribution in [-0.4, -0.2) is 21.0 Å². The Morgan fingerprint density at radius 1 is 1.18 bits per heavy atom. The van der Waals surface area contributed by atoms with E-state index in [4.69, 9.17) is 16.3 Å². The van der Waals surface area contributed by atoms with Crippen molar-refractivity contribution in [1.82, 2.24) is 15.0 Å². The van der Waals surface area contributed by atoms with Crippen LogP contribution in [-0.2, 0) is 11.5 Å². The van der Waals surface area contributed by atoms with E-state index in [1.54, 1.807) is 42.5 Å². The van der Waals surface area contributed by atoms with E-state index < -0.39 is 5.97 Å². The van der Waals surface area contributed by atoms with E-state index in [2.05, 4.69) is 10.3 Å². The summed E-state index contributed by atoms with van der Waals surface area (Å²) in [5.41, 5.74) is 0.420. The number of hydrogen-bond donors (Lipinski definition) is 0. The largest absolute Gasteiger partial charge is 0.439 e. The maximum Gasteiger partial charge on any atom is 0.339 e. The zero-order valence-corrected chi connectivity index (χ0v) is 12.0.